The molecule has 0 amide bonds. The zero-order chi connectivity index (χ0) is 74.9. The van der Waals surface area contributed by atoms with E-state index in [0.29, 0.717) is 0 Å². The van der Waals surface area contributed by atoms with Crippen LogP contribution in [0, 0.1) is 0 Å². The van der Waals surface area contributed by atoms with Crippen molar-refractivity contribution in [2.24, 2.45) is 0 Å². The smallest absolute Gasteiger partial charge is 0.0641 e. The molecule has 0 spiro atoms. The highest BCUT2D eigenvalue weighted by atomic mass is 15.0. The molecule has 0 N–H and O–H groups in total. The van der Waals surface area contributed by atoms with E-state index in [4.69, 9.17) is 0 Å². The number of benzene rings is 18. The van der Waals surface area contributed by atoms with Gasteiger partial charge >= 0.3 is 0 Å². The van der Waals surface area contributed by atoms with E-state index >= 15 is 0 Å². The Labute approximate surface area is 657 Å². The highest BCUT2D eigenvalue weighted by Crippen LogP contribution is 2.48. The van der Waals surface area contributed by atoms with Crippen LogP contribution in [-0.4, -0.2) is 27.4 Å². The molecule has 6 heteroatoms. The lowest BCUT2D eigenvalue weighted by atomic mass is 9.99. The Morgan fingerprint density at radius 2 is 0.342 bits per heavy atom. The monoisotopic (exact) mass is 1450 g/mol. The summed E-state index contributed by atoms with van der Waals surface area (Å²) in [4.78, 5) is 0. The van der Waals surface area contributed by atoms with Crippen LogP contribution in [-0.2, 0) is 0 Å². The molecular weight excluding hydrogens is 1380 g/mol. The number of para-hydroxylation sites is 8. The first-order valence-electron chi connectivity index (χ1n) is 39.2. The van der Waals surface area contributed by atoms with Gasteiger partial charge in [0.2, 0.25) is 0 Å². The van der Waals surface area contributed by atoms with Crippen LogP contribution in [0.3, 0.4) is 0 Å². The molecule has 0 aliphatic rings. The molecule has 24 aromatic rings. The Hall–Kier alpha value is -15.2. The standard InChI is InChI=1S/2C54H35N3/c1-4-14-36(15-5-1)37-24-28-42(29-25-37)56-51-32-27-39(38-26-31-50-46(34-38)44-21-11-12-22-48(44)55(50)40-16-6-2-7-17-40)35-47(51)53-52(56)33-30-45-43-20-10-13-23-49(43)57(54(45)53)41-18-8-3-9-19-41;1-4-14-36(15-5-1)37-24-28-42(29-25-37)57-50-31-27-39(38-26-30-49-45(34-38)43-20-10-12-22-47(43)55(49)40-16-6-2-7-17-40)35-46(50)54-52(57)33-32-51-53(54)44-21-11-13-23-48(44)56(51)41-18-8-3-9-19-41/h2*1-35H. The third-order valence-corrected chi connectivity index (χ3v) is 23.7. The maximum atomic E-state index is 2.46. The van der Waals surface area contributed by atoms with Crippen molar-refractivity contribution in [1.82, 2.24) is 27.4 Å². The highest BCUT2D eigenvalue weighted by molar-refractivity contribution is 6.30. The van der Waals surface area contributed by atoms with Crippen LogP contribution in [0.4, 0.5) is 0 Å². The van der Waals surface area contributed by atoms with E-state index in [1.165, 1.54) is 187 Å². The van der Waals surface area contributed by atoms with E-state index in [2.05, 4.69) is 452 Å². The van der Waals surface area contributed by atoms with Crippen molar-refractivity contribution in [2.75, 3.05) is 0 Å². The van der Waals surface area contributed by atoms with Gasteiger partial charge in [-0.15, -0.1) is 0 Å². The molecule has 0 fully saturated rings. The second-order valence-electron chi connectivity index (χ2n) is 29.9. The van der Waals surface area contributed by atoms with E-state index in [9.17, 15) is 0 Å². The number of aromatic nitrogens is 6. The molecule has 532 valence electrons. The largest absolute Gasteiger partial charge is 0.309 e. The van der Waals surface area contributed by atoms with Gasteiger partial charge in [0, 0.05) is 98.8 Å². The van der Waals surface area contributed by atoms with Crippen LogP contribution in [0.15, 0.2) is 425 Å². The average molecular weight is 1450 g/mol. The molecule has 6 nitrogen and oxygen atoms in total. The second kappa shape index (κ2) is 26.2. The lowest BCUT2D eigenvalue weighted by Gasteiger charge is -2.11. The summed E-state index contributed by atoms with van der Waals surface area (Å²) < 4.78 is 14.6. The van der Waals surface area contributed by atoms with Crippen LogP contribution >= 0.6 is 0 Å². The van der Waals surface area contributed by atoms with Gasteiger partial charge < -0.3 is 27.4 Å². The van der Waals surface area contributed by atoms with Crippen molar-refractivity contribution in [3.8, 4) is 78.6 Å². The maximum Gasteiger partial charge on any atom is 0.0641 e. The van der Waals surface area contributed by atoms with Crippen molar-refractivity contribution in [1.29, 1.82) is 0 Å². The Balaban J connectivity index is 0.000000135. The summed E-state index contributed by atoms with van der Waals surface area (Å²) in [5, 5.41) is 15.0. The average Bonchev–Trinajstić information content (AvgIpc) is 1.56. The molecule has 24 rings (SSSR count). The van der Waals surface area contributed by atoms with Crippen LogP contribution in [0.5, 0.6) is 0 Å². The fraction of sp³-hybridized carbons (Fsp3) is 0. The molecule has 0 saturated carbocycles. The number of rotatable bonds is 10. The van der Waals surface area contributed by atoms with Crippen LogP contribution < -0.4 is 0 Å². The fourth-order valence-corrected chi connectivity index (χ4v) is 18.6. The van der Waals surface area contributed by atoms with E-state index < -0.39 is 0 Å². The Bertz CT molecular complexity index is 7890. The summed E-state index contributed by atoms with van der Waals surface area (Å²) in [6, 6.07) is 155. The number of nitrogens with zero attached hydrogens (tertiary/aromatic N) is 6. The Morgan fingerprint density at radius 1 is 0.114 bits per heavy atom. The van der Waals surface area contributed by atoms with Crippen molar-refractivity contribution in [3.05, 3.63) is 425 Å². The molecule has 6 heterocycles. The summed E-state index contributed by atoms with van der Waals surface area (Å²) >= 11 is 0. The predicted molar refractivity (Wildman–Crippen MR) is 481 cm³/mol. The number of fused-ring (bicyclic) bond motifs is 20. The first-order chi connectivity index (χ1) is 56.6. The van der Waals surface area contributed by atoms with Crippen LogP contribution in [0.1, 0.15) is 0 Å². The summed E-state index contributed by atoms with van der Waals surface area (Å²) in [5.74, 6) is 0. The van der Waals surface area contributed by atoms with Gasteiger partial charge in [-0.05, 0) is 208 Å². The van der Waals surface area contributed by atoms with Gasteiger partial charge in [0.25, 0.3) is 0 Å². The lowest BCUT2D eigenvalue weighted by Crippen LogP contribution is -1.95. The fourth-order valence-electron chi connectivity index (χ4n) is 18.6. The number of hydrogen-bond donors (Lipinski definition) is 0. The minimum atomic E-state index is 1.14. The molecular formula is C108H70N6. The molecule has 0 radical (unpaired) electrons. The van der Waals surface area contributed by atoms with Crippen molar-refractivity contribution in [3.63, 3.8) is 0 Å². The maximum absolute atomic E-state index is 2.46. The molecule has 0 bridgehead atoms. The minimum Gasteiger partial charge on any atom is -0.309 e. The summed E-state index contributed by atoms with van der Waals surface area (Å²) in [5.41, 5.74) is 31.0. The quantitative estimate of drug-likeness (QED) is 0.131. The van der Waals surface area contributed by atoms with Gasteiger partial charge in [0.1, 0.15) is 0 Å². The van der Waals surface area contributed by atoms with Gasteiger partial charge in [-0.1, -0.05) is 261 Å². The molecule has 114 heavy (non-hydrogen) atoms. The minimum absolute atomic E-state index is 1.14. The zero-order valence-electron chi connectivity index (χ0n) is 62.1. The second-order valence-corrected chi connectivity index (χ2v) is 29.9. The molecule has 18 aromatic carbocycles. The van der Waals surface area contributed by atoms with Gasteiger partial charge in [-0.25, -0.2) is 0 Å². The summed E-state index contributed by atoms with van der Waals surface area (Å²) in [7, 11) is 0. The summed E-state index contributed by atoms with van der Waals surface area (Å²) in [6.45, 7) is 0. The van der Waals surface area contributed by atoms with E-state index in [1.54, 1.807) is 0 Å². The van der Waals surface area contributed by atoms with Crippen molar-refractivity contribution < 1.29 is 0 Å². The third-order valence-electron chi connectivity index (χ3n) is 23.7. The van der Waals surface area contributed by atoms with Gasteiger partial charge in [-0.2, -0.15) is 0 Å². The highest BCUT2D eigenvalue weighted by Gasteiger charge is 2.26. The third kappa shape index (κ3) is 10.2. The SMILES string of the molecule is c1ccc(-c2ccc(-n3c4ccc(-c5ccc6c(c5)c5ccccc5n6-c5ccccc5)cc4c4c3ccc3c5ccccc5n(-c5ccccc5)c34)cc2)cc1.c1ccc(-c2ccc(-n3c4ccc(-c5ccc6c(c5)c5ccccc5n6-c5ccccc5)cc4c4c5c6ccccc6n(-c6ccccc6)c5ccc43)cc2)cc1. The van der Waals surface area contributed by atoms with Crippen LogP contribution in [0.2, 0.25) is 0 Å². The zero-order valence-corrected chi connectivity index (χ0v) is 62.1. The molecule has 6 aromatic heterocycles. The van der Waals surface area contributed by atoms with E-state index in [0.717, 1.165) is 22.7 Å². The van der Waals surface area contributed by atoms with Gasteiger partial charge in [0.05, 0.1) is 66.2 Å². The first-order valence-corrected chi connectivity index (χ1v) is 39.2. The lowest BCUT2D eigenvalue weighted by molar-refractivity contribution is 1.17. The first kappa shape index (κ1) is 64.7. The molecule has 0 aliphatic heterocycles. The molecule has 0 unspecified atom stereocenters. The summed E-state index contributed by atoms with van der Waals surface area (Å²) in [6.07, 6.45) is 0. The van der Waals surface area contributed by atoms with Crippen molar-refractivity contribution >= 4 is 131 Å². The van der Waals surface area contributed by atoms with E-state index in [-0.39, 0.29) is 0 Å². The van der Waals surface area contributed by atoms with Crippen molar-refractivity contribution in [2.45, 2.75) is 0 Å². The molecule has 0 saturated heterocycles. The molecule has 0 aliphatic carbocycles. The Kier molecular flexibility index (Phi) is 14.9. The topological polar surface area (TPSA) is 29.6 Å². The molecule has 0 atom stereocenters. The number of hydrogen-bond acceptors (Lipinski definition) is 0. The normalized spacial score (nSPS) is 11.9. The predicted octanol–water partition coefficient (Wildman–Crippen LogP) is 28.6. The van der Waals surface area contributed by atoms with Gasteiger partial charge in [-0.3, -0.25) is 0 Å². The van der Waals surface area contributed by atoms with Gasteiger partial charge in [0.15, 0.2) is 0 Å². The van der Waals surface area contributed by atoms with Crippen LogP contribution in [0.25, 0.3) is 209 Å². The Morgan fingerprint density at radius 3 is 0.746 bits per heavy atom. The van der Waals surface area contributed by atoms with E-state index in [1.807, 2.05) is 0 Å².